The maximum atomic E-state index is 13.3. The lowest BCUT2D eigenvalue weighted by Crippen LogP contribution is -2.27. The summed E-state index contributed by atoms with van der Waals surface area (Å²) in [4.78, 5) is 10.4. The quantitative estimate of drug-likeness (QED) is 0.842. The molecule has 0 unspecified atom stereocenters. The molecule has 82 valence electrons. The van der Waals surface area contributed by atoms with Gasteiger partial charge >= 0.3 is 11.9 Å². The van der Waals surface area contributed by atoms with E-state index in [1.165, 1.54) is 32.2 Å². The number of aliphatic carboxylic acids is 1. The molecule has 0 amide bonds. The van der Waals surface area contributed by atoms with Crippen LogP contribution in [-0.2, 0) is 10.7 Å². The normalized spacial score (nSPS) is 11.2. The highest BCUT2D eigenvalue weighted by atomic mass is 19.3. The van der Waals surface area contributed by atoms with E-state index in [0.717, 1.165) is 0 Å². The molecule has 0 aliphatic rings. The molecule has 0 saturated heterocycles. The molecule has 5 heteroatoms. The van der Waals surface area contributed by atoms with Gasteiger partial charge in [0.15, 0.2) is 0 Å². The highest BCUT2D eigenvalue weighted by Gasteiger charge is 2.44. The first-order chi connectivity index (χ1) is 6.91. The zero-order chi connectivity index (χ0) is 11.6. The van der Waals surface area contributed by atoms with Gasteiger partial charge in [-0.05, 0) is 18.6 Å². The maximum Gasteiger partial charge on any atom is 0.379 e. The Morgan fingerprint density at radius 2 is 2.07 bits per heavy atom. The molecule has 1 aromatic rings. The second kappa shape index (κ2) is 3.84. The van der Waals surface area contributed by atoms with Gasteiger partial charge in [0.05, 0.1) is 12.7 Å². The summed E-state index contributed by atoms with van der Waals surface area (Å²) in [5, 5.41) is 8.43. The van der Waals surface area contributed by atoms with E-state index in [9.17, 15) is 13.6 Å². The first kappa shape index (κ1) is 11.4. The van der Waals surface area contributed by atoms with Crippen LogP contribution in [0.5, 0.6) is 5.75 Å². The summed E-state index contributed by atoms with van der Waals surface area (Å²) in [5.41, 5.74) is -0.415. The summed E-state index contributed by atoms with van der Waals surface area (Å²) in [6.45, 7) is 1.41. The molecule has 3 nitrogen and oxygen atoms in total. The first-order valence-corrected chi connectivity index (χ1v) is 4.16. The minimum Gasteiger partial charge on any atom is -0.496 e. The number of alkyl halides is 2. The molecular formula is C10H10F2O3. The van der Waals surface area contributed by atoms with Crippen LogP contribution in [0.25, 0.3) is 0 Å². The number of carboxylic acids is 1. The third-order valence-corrected chi connectivity index (χ3v) is 2.04. The SMILES string of the molecule is COc1cccc(C)c1C(F)(F)C(=O)O. The van der Waals surface area contributed by atoms with Crippen LogP contribution in [0.1, 0.15) is 11.1 Å². The molecule has 1 rings (SSSR count). The van der Waals surface area contributed by atoms with E-state index >= 15 is 0 Å². The van der Waals surface area contributed by atoms with Crippen LogP contribution in [-0.4, -0.2) is 18.2 Å². The summed E-state index contributed by atoms with van der Waals surface area (Å²) in [7, 11) is 1.22. The third-order valence-electron chi connectivity index (χ3n) is 2.04. The van der Waals surface area contributed by atoms with Gasteiger partial charge in [0.2, 0.25) is 0 Å². The summed E-state index contributed by atoms with van der Waals surface area (Å²) >= 11 is 0. The van der Waals surface area contributed by atoms with E-state index < -0.39 is 17.5 Å². The molecule has 0 aliphatic heterocycles. The van der Waals surface area contributed by atoms with Gasteiger partial charge in [-0.25, -0.2) is 4.79 Å². The van der Waals surface area contributed by atoms with E-state index in [0.29, 0.717) is 0 Å². The Bertz CT molecular complexity index is 388. The van der Waals surface area contributed by atoms with Crippen molar-refractivity contribution in [1.29, 1.82) is 0 Å². The number of carboxylic acid groups (broad SMARTS) is 1. The molecule has 1 N–H and O–H groups in total. The average molecular weight is 216 g/mol. The fourth-order valence-electron chi connectivity index (χ4n) is 1.32. The van der Waals surface area contributed by atoms with Crippen LogP contribution in [0.4, 0.5) is 8.78 Å². The summed E-state index contributed by atoms with van der Waals surface area (Å²) in [5.74, 6) is -6.24. The number of aryl methyl sites for hydroxylation is 1. The van der Waals surface area contributed by atoms with Crippen LogP contribution in [0.15, 0.2) is 18.2 Å². The molecule has 0 saturated carbocycles. The lowest BCUT2D eigenvalue weighted by Gasteiger charge is -2.17. The Hall–Kier alpha value is -1.65. The predicted molar refractivity (Wildman–Crippen MR) is 49.3 cm³/mol. The van der Waals surface area contributed by atoms with Crippen molar-refractivity contribution in [2.24, 2.45) is 0 Å². The molecular weight excluding hydrogens is 206 g/mol. The van der Waals surface area contributed by atoms with Crippen LogP contribution in [0.3, 0.4) is 0 Å². The molecule has 0 fully saturated rings. The number of carbonyl (C=O) groups is 1. The van der Waals surface area contributed by atoms with Crippen molar-refractivity contribution in [2.45, 2.75) is 12.8 Å². The van der Waals surface area contributed by atoms with E-state index in [1.54, 1.807) is 0 Å². The van der Waals surface area contributed by atoms with Crippen LogP contribution < -0.4 is 4.74 Å². The molecule has 1 aromatic carbocycles. The summed E-state index contributed by atoms with van der Waals surface area (Å²) in [6, 6.07) is 4.24. The largest absolute Gasteiger partial charge is 0.496 e. The number of rotatable bonds is 3. The standard InChI is InChI=1S/C10H10F2O3/c1-6-4-3-5-7(15-2)8(6)10(11,12)9(13)14/h3-5H,1-2H3,(H,13,14). The second-order valence-electron chi connectivity index (χ2n) is 3.03. The number of benzene rings is 1. The Labute approximate surface area is 85.3 Å². The molecule has 0 bridgehead atoms. The van der Waals surface area contributed by atoms with Gasteiger partial charge in [-0.15, -0.1) is 0 Å². The Balaban J connectivity index is 3.41. The van der Waals surface area contributed by atoms with Gasteiger partial charge in [-0.1, -0.05) is 12.1 Å². The minimum absolute atomic E-state index is 0.123. The smallest absolute Gasteiger partial charge is 0.379 e. The number of ether oxygens (including phenoxy) is 1. The van der Waals surface area contributed by atoms with E-state index in [1.807, 2.05) is 0 Å². The topological polar surface area (TPSA) is 46.5 Å². The zero-order valence-electron chi connectivity index (χ0n) is 8.25. The molecule has 0 aliphatic carbocycles. The predicted octanol–water partition coefficient (Wildman–Crippen LogP) is 2.18. The van der Waals surface area contributed by atoms with E-state index in [4.69, 9.17) is 9.84 Å². The lowest BCUT2D eigenvalue weighted by atomic mass is 10.0. The lowest BCUT2D eigenvalue weighted by molar-refractivity contribution is -0.166. The van der Waals surface area contributed by atoms with Crippen molar-refractivity contribution in [1.82, 2.24) is 0 Å². The van der Waals surface area contributed by atoms with Crippen molar-refractivity contribution in [3.05, 3.63) is 29.3 Å². The zero-order valence-corrected chi connectivity index (χ0v) is 8.25. The molecule has 15 heavy (non-hydrogen) atoms. The van der Waals surface area contributed by atoms with Crippen molar-refractivity contribution in [3.63, 3.8) is 0 Å². The minimum atomic E-state index is -3.93. The summed E-state index contributed by atoms with van der Waals surface area (Å²) in [6.07, 6.45) is 0. The Morgan fingerprint density at radius 3 is 2.53 bits per heavy atom. The van der Waals surface area contributed by atoms with Gasteiger partial charge in [0.1, 0.15) is 5.75 Å². The van der Waals surface area contributed by atoms with E-state index in [2.05, 4.69) is 0 Å². The van der Waals surface area contributed by atoms with Crippen LogP contribution in [0, 0.1) is 6.92 Å². The van der Waals surface area contributed by atoms with Crippen molar-refractivity contribution in [2.75, 3.05) is 7.11 Å². The molecule has 0 spiro atoms. The number of halogens is 2. The van der Waals surface area contributed by atoms with Gasteiger partial charge in [0.25, 0.3) is 0 Å². The van der Waals surface area contributed by atoms with Gasteiger partial charge < -0.3 is 9.84 Å². The highest BCUT2D eigenvalue weighted by Crippen LogP contribution is 2.37. The maximum absolute atomic E-state index is 13.3. The average Bonchev–Trinajstić information content (AvgIpc) is 2.16. The van der Waals surface area contributed by atoms with Gasteiger partial charge in [0, 0.05) is 0 Å². The number of hydrogen-bond donors (Lipinski definition) is 1. The summed E-state index contributed by atoms with van der Waals surface area (Å²) < 4.78 is 31.3. The van der Waals surface area contributed by atoms with E-state index in [-0.39, 0.29) is 11.3 Å². The number of methoxy groups -OCH3 is 1. The Kier molecular flexibility index (Phi) is 2.93. The highest BCUT2D eigenvalue weighted by molar-refractivity contribution is 5.79. The third kappa shape index (κ3) is 1.91. The fraction of sp³-hybridized carbons (Fsp3) is 0.300. The Morgan fingerprint density at radius 1 is 1.47 bits per heavy atom. The molecule has 0 aromatic heterocycles. The monoisotopic (exact) mass is 216 g/mol. The first-order valence-electron chi connectivity index (χ1n) is 4.16. The van der Waals surface area contributed by atoms with Crippen molar-refractivity contribution < 1.29 is 23.4 Å². The van der Waals surface area contributed by atoms with Crippen LogP contribution >= 0.6 is 0 Å². The molecule has 0 heterocycles. The van der Waals surface area contributed by atoms with Gasteiger partial charge in [-0.2, -0.15) is 8.78 Å². The fourth-order valence-corrected chi connectivity index (χ4v) is 1.32. The van der Waals surface area contributed by atoms with Crippen molar-refractivity contribution in [3.8, 4) is 5.75 Å². The van der Waals surface area contributed by atoms with Gasteiger partial charge in [-0.3, -0.25) is 0 Å². The van der Waals surface area contributed by atoms with Crippen LogP contribution in [0.2, 0.25) is 0 Å². The van der Waals surface area contributed by atoms with Crippen molar-refractivity contribution >= 4 is 5.97 Å². The molecule has 0 atom stereocenters. The number of hydrogen-bond acceptors (Lipinski definition) is 2. The second-order valence-corrected chi connectivity index (χ2v) is 3.03. The molecule has 0 radical (unpaired) electrons.